The number of hydrogen-bond donors (Lipinski definition) is 2. The normalized spacial score (nSPS) is 14.6. The van der Waals surface area contributed by atoms with Crippen LogP contribution in [0.5, 0.6) is 5.75 Å². The van der Waals surface area contributed by atoms with Gasteiger partial charge in [0.05, 0.1) is 12.8 Å². The van der Waals surface area contributed by atoms with Crippen molar-refractivity contribution in [2.75, 3.05) is 12.4 Å². The van der Waals surface area contributed by atoms with Crippen molar-refractivity contribution in [1.82, 2.24) is 30.4 Å². The lowest BCUT2D eigenvalue weighted by Gasteiger charge is -2.28. The van der Waals surface area contributed by atoms with Crippen LogP contribution in [0.1, 0.15) is 17.2 Å². The lowest BCUT2D eigenvalue weighted by atomic mass is 9.92. The molecule has 0 spiro atoms. The van der Waals surface area contributed by atoms with E-state index < -0.39 is 6.04 Å². The number of hydrogen-bond acceptors (Lipinski definition) is 7. The molecule has 9 nitrogen and oxygen atoms in total. The van der Waals surface area contributed by atoms with Crippen molar-refractivity contribution >= 4 is 27.6 Å². The van der Waals surface area contributed by atoms with Crippen LogP contribution in [-0.4, -0.2) is 37.5 Å². The van der Waals surface area contributed by atoms with Crippen molar-refractivity contribution in [1.29, 1.82) is 0 Å². The van der Waals surface area contributed by atoms with E-state index in [1.165, 1.54) is 0 Å². The highest BCUT2D eigenvalue weighted by Crippen LogP contribution is 2.41. The van der Waals surface area contributed by atoms with Crippen molar-refractivity contribution in [3.05, 3.63) is 74.5 Å². The Morgan fingerprint density at radius 2 is 2.00 bits per heavy atom. The molecule has 1 aliphatic rings. The van der Waals surface area contributed by atoms with E-state index in [-0.39, 0.29) is 5.56 Å². The number of methoxy groups -OCH3 is 1. The van der Waals surface area contributed by atoms with Crippen LogP contribution in [0.4, 0.5) is 11.6 Å². The quantitative estimate of drug-likeness (QED) is 0.433. The van der Waals surface area contributed by atoms with Crippen LogP contribution in [0.15, 0.2) is 57.8 Å². The first-order valence-corrected chi connectivity index (χ1v) is 9.52. The Balaban J connectivity index is 1.81. The van der Waals surface area contributed by atoms with Gasteiger partial charge in [0, 0.05) is 15.6 Å². The van der Waals surface area contributed by atoms with Gasteiger partial charge in [0.1, 0.15) is 17.5 Å². The van der Waals surface area contributed by atoms with Gasteiger partial charge in [-0.3, -0.25) is 4.79 Å². The monoisotopic (exact) mass is 451 g/mol. The van der Waals surface area contributed by atoms with E-state index in [4.69, 9.17) is 4.74 Å². The number of fused-ring (bicyclic) bond motifs is 2. The molecule has 4 aromatic rings. The van der Waals surface area contributed by atoms with Crippen LogP contribution in [0.2, 0.25) is 0 Å². The Kier molecular flexibility index (Phi) is 4.13. The molecule has 0 radical (unpaired) electrons. The number of H-pyrrole nitrogens is 1. The minimum absolute atomic E-state index is 0.344. The topological polar surface area (TPSA) is 111 Å². The maximum atomic E-state index is 12.6. The molecule has 0 aliphatic carbocycles. The van der Waals surface area contributed by atoms with E-state index in [1.54, 1.807) is 11.8 Å². The SMILES string of the molecule is COc1cccc([C@H]2c3c(-c4ccc(Br)cc4)n[nH]c(=O)c3Nc3nnnn32)c1. The molecule has 0 saturated carbocycles. The predicted molar refractivity (Wildman–Crippen MR) is 109 cm³/mol. The molecule has 3 heterocycles. The minimum Gasteiger partial charge on any atom is -0.497 e. The molecule has 2 aromatic heterocycles. The van der Waals surface area contributed by atoms with Gasteiger partial charge in [0.15, 0.2) is 0 Å². The molecule has 29 heavy (non-hydrogen) atoms. The molecule has 0 amide bonds. The number of aromatic amines is 1. The van der Waals surface area contributed by atoms with Gasteiger partial charge in [0.25, 0.3) is 5.56 Å². The highest BCUT2D eigenvalue weighted by atomic mass is 79.9. The first-order chi connectivity index (χ1) is 14.2. The number of nitrogens with zero attached hydrogens (tertiary/aromatic N) is 5. The number of nitrogens with one attached hydrogen (secondary N) is 2. The van der Waals surface area contributed by atoms with Crippen molar-refractivity contribution in [3.8, 4) is 17.0 Å². The van der Waals surface area contributed by atoms with E-state index in [0.29, 0.717) is 28.6 Å². The zero-order valence-corrected chi connectivity index (χ0v) is 16.7. The summed E-state index contributed by atoms with van der Waals surface area (Å²) >= 11 is 3.45. The Bertz CT molecular complexity index is 1270. The molecule has 5 rings (SSSR count). The van der Waals surface area contributed by atoms with E-state index in [9.17, 15) is 4.79 Å². The third-order valence-corrected chi connectivity index (χ3v) is 5.32. The maximum Gasteiger partial charge on any atom is 0.288 e. The number of tetrazole rings is 1. The summed E-state index contributed by atoms with van der Waals surface area (Å²) in [6, 6.07) is 14.8. The zero-order chi connectivity index (χ0) is 20.0. The fourth-order valence-corrected chi connectivity index (χ4v) is 3.75. The molecule has 10 heteroatoms. The summed E-state index contributed by atoms with van der Waals surface area (Å²) in [5.41, 5.74) is 3.06. The third-order valence-electron chi connectivity index (χ3n) is 4.80. The average Bonchev–Trinajstić information content (AvgIpc) is 3.22. The molecule has 2 aromatic carbocycles. The fourth-order valence-electron chi connectivity index (χ4n) is 3.49. The van der Waals surface area contributed by atoms with E-state index >= 15 is 0 Å². The molecule has 0 bridgehead atoms. The molecule has 0 saturated heterocycles. The number of aromatic nitrogens is 6. The zero-order valence-electron chi connectivity index (χ0n) is 15.1. The first kappa shape index (κ1) is 17.6. The number of halogens is 1. The fraction of sp³-hybridized carbons (Fsp3) is 0.105. The second-order valence-electron chi connectivity index (χ2n) is 6.45. The summed E-state index contributed by atoms with van der Waals surface area (Å²) in [6.45, 7) is 0. The van der Waals surface area contributed by atoms with Crippen LogP contribution in [0.3, 0.4) is 0 Å². The Morgan fingerprint density at radius 1 is 1.17 bits per heavy atom. The van der Waals surface area contributed by atoms with Gasteiger partial charge in [0.2, 0.25) is 5.95 Å². The number of anilines is 2. The number of ether oxygens (including phenoxy) is 1. The number of rotatable bonds is 3. The van der Waals surface area contributed by atoms with Gasteiger partial charge in [-0.1, -0.05) is 45.3 Å². The Labute approximate surface area is 172 Å². The highest BCUT2D eigenvalue weighted by Gasteiger charge is 2.34. The van der Waals surface area contributed by atoms with E-state index in [0.717, 1.165) is 15.6 Å². The first-order valence-electron chi connectivity index (χ1n) is 8.73. The summed E-state index contributed by atoms with van der Waals surface area (Å²) in [6.07, 6.45) is 0. The summed E-state index contributed by atoms with van der Waals surface area (Å²) in [5, 5.41) is 21.9. The van der Waals surface area contributed by atoms with Gasteiger partial charge in [-0.2, -0.15) is 9.78 Å². The average molecular weight is 452 g/mol. The maximum absolute atomic E-state index is 12.6. The van der Waals surface area contributed by atoms with Gasteiger partial charge < -0.3 is 10.1 Å². The van der Waals surface area contributed by atoms with Crippen LogP contribution < -0.4 is 15.6 Å². The highest BCUT2D eigenvalue weighted by molar-refractivity contribution is 9.10. The standard InChI is InChI=1S/C19H14BrN7O2/c1-29-13-4-2-3-11(9-13)17-14-15(10-5-7-12(20)8-6-10)22-23-18(28)16(14)21-19-24-25-26-27(17)19/h2-9,17H,1H3,(H,23,28)(H,21,24,26)/t17-/m0/s1. The number of benzene rings is 2. The smallest absolute Gasteiger partial charge is 0.288 e. The van der Waals surface area contributed by atoms with Gasteiger partial charge in [-0.25, -0.2) is 5.10 Å². The van der Waals surface area contributed by atoms with E-state index in [1.807, 2.05) is 48.5 Å². The van der Waals surface area contributed by atoms with Crippen LogP contribution in [0, 0.1) is 0 Å². The van der Waals surface area contributed by atoms with Crippen LogP contribution in [-0.2, 0) is 0 Å². The molecule has 1 atom stereocenters. The Hall–Kier alpha value is -3.53. The lowest BCUT2D eigenvalue weighted by Crippen LogP contribution is -2.29. The Morgan fingerprint density at radius 3 is 2.79 bits per heavy atom. The molecule has 2 N–H and O–H groups in total. The molecular weight excluding hydrogens is 438 g/mol. The van der Waals surface area contributed by atoms with Crippen molar-refractivity contribution < 1.29 is 4.74 Å². The minimum atomic E-state index is -0.459. The van der Waals surface area contributed by atoms with Crippen molar-refractivity contribution in [2.24, 2.45) is 0 Å². The summed E-state index contributed by atoms with van der Waals surface area (Å²) in [7, 11) is 1.61. The van der Waals surface area contributed by atoms with E-state index in [2.05, 4.69) is 47.0 Å². The van der Waals surface area contributed by atoms with Gasteiger partial charge >= 0.3 is 0 Å². The molecule has 0 unspecified atom stereocenters. The van der Waals surface area contributed by atoms with Crippen molar-refractivity contribution in [3.63, 3.8) is 0 Å². The molecule has 144 valence electrons. The molecule has 0 fully saturated rings. The predicted octanol–water partition coefficient (Wildman–Crippen LogP) is 2.89. The second-order valence-corrected chi connectivity index (χ2v) is 7.36. The van der Waals surface area contributed by atoms with Crippen LogP contribution >= 0.6 is 15.9 Å². The summed E-state index contributed by atoms with van der Waals surface area (Å²) < 4.78 is 7.98. The summed E-state index contributed by atoms with van der Waals surface area (Å²) in [5.74, 6) is 1.07. The van der Waals surface area contributed by atoms with Gasteiger partial charge in [-0.05, 0) is 40.3 Å². The largest absolute Gasteiger partial charge is 0.497 e. The lowest BCUT2D eigenvalue weighted by molar-refractivity contribution is 0.413. The van der Waals surface area contributed by atoms with Crippen molar-refractivity contribution in [2.45, 2.75) is 6.04 Å². The summed E-state index contributed by atoms with van der Waals surface area (Å²) in [4.78, 5) is 12.6. The third kappa shape index (κ3) is 2.88. The van der Waals surface area contributed by atoms with Crippen LogP contribution in [0.25, 0.3) is 11.3 Å². The molecular formula is C19H14BrN7O2. The molecule has 1 aliphatic heterocycles. The second kappa shape index (κ2) is 6.82. The van der Waals surface area contributed by atoms with Gasteiger partial charge in [-0.15, -0.1) is 0 Å².